The van der Waals surface area contributed by atoms with Gasteiger partial charge in [-0.05, 0) is 29.0 Å². The van der Waals surface area contributed by atoms with Crippen LogP contribution in [0, 0.1) is 6.92 Å². The van der Waals surface area contributed by atoms with Crippen LogP contribution in [-0.4, -0.2) is 25.0 Å². The number of nitrogen functional groups attached to an aromatic ring is 1. The number of rotatable bonds is 2. The van der Waals surface area contributed by atoms with Crippen molar-refractivity contribution in [1.29, 1.82) is 0 Å². The van der Waals surface area contributed by atoms with Crippen LogP contribution >= 0.6 is 0 Å². The van der Waals surface area contributed by atoms with E-state index in [1.165, 1.54) is 10.7 Å². The molecule has 0 saturated carbocycles. The fourth-order valence-electron chi connectivity index (χ4n) is 1.58. The van der Waals surface area contributed by atoms with Gasteiger partial charge < -0.3 is 10.5 Å². The maximum Gasteiger partial charge on any atom is 0.242 e. The highest BCUT2D eigenvalue weighted by atomic mass is 16.5. The van der Waals surface area contributed by atoms with Crippen molar-refractivity contribution in [3.63, 3.8) is 0 Å². The number of tetrazole rings is 1. The molecule has 0 spiro atoms. The van der Waals surface area contributed by atoms with Gasteiger partial charge in [-0.2, -0.15) is 4.52 Å². The Labute approximate surface area is 102 Å². The van der Waals surface area contributed by atoms with Crippen molar-refractivity contribution in [3.8, 4) is 11.6 Å². The van der Waals surface area contributed by atoms with Crippen LogP contribution in [0.3, 0.4) is 0 Å². The minimum Gasteiger partial charge on any atom is -0.435 e. The van der Waals surface area contributed by atoms with Crippen LogP contribution in [0.4, 0.5) is 5.69 Å². The Morgan fingerprint density at radius 1 is 1.28 bits per heavy atom. The fraction of sp³-hybridized carbons (Fsp3) is 0.0909. The van der Waals surface area contributed by atoms with Crippen molar-refractivity contribution in [2.24, 2.45) is 0 Å². The van der Waals surface area contributed by atoms with Gasteiger partial charge in [0.2, 0.25) is 11.5 Å². The van der Waals surface area contributed by atoms with E-state index in [1.54, 1.807) is 12.3 Å². The molecule has 0 unspecified atom stereocenters. The third-order valence-corrected chi connectivity index (χ3v) is 2.58. The first-order valence-electron chi connectivity index (χ1n) is 5.31. The first-order chi connectivity index (χ1) is 8.75. The number of aromatic nitrogens is 5. The van der Waals surface area contributed by atoms with Gasteiger partial charge in [0.15, 0.2) is 5.75 Å². The van der Waals surface area contributed by atoms with Gasteiger partial charge in [-0.1, -0.05) is 12.1 Å². The number of benzene rings is 1. The van der Waals surface area contributed by atoms with E-state index in [2.05, 4.69) is 20.5 Å². The van der Waals surface area contributed by atoms with E-state index in [-0.39, 0.29) is 0 Å². The molecule has 0 aliphatic rings. The highest BCUT2D eigenvalue weighted by Gasteiger charge is 2.09. The average molecular weight is 242 g/mol. The predicted octanol–water partition coefficient (Wildman–Crippen LogP) is 1.20. The molecule has 7 nitrogen and oxygen atoms in total. The number of fused-ring (bicyclic) bond motifs is 1. The highest BCUT2D eigenvalue weighted by Crippen LogP contribution is 2.28. The van der Waals surface area contributed by atoms with Crippen molar-refractivity contribution >= 4 is 11.3 Å². The molecule has 3 rings (SSSR count). The minimum absolute atomic E-state index is 0.412. The number of hydrogen-bond donors (Lipinski definition) is 1. The van der Waals surface area contributed by atoms with E-state index in [1.807, 2.05) is 19.1 Å². The molecule has 2 heterocycles. The summed E-state index contributed by atoms with van der Waals surface area (Å²) >= 11 is 0. The molecule has 0 aliphatic carbocycles. The molecule has 2 N–H and O–H groups in total. The number of anilines is 1. The molecule has 1 aromatic carbocycles. The second-order valence-corrected chi connectivity index (χ2v) is 3.78. The summed E-state index contributed by atoms with van der Waals surface area (Å²) in [5.41, 5.74) is 7.99. The Bertz CT molecular complexity index is 708. The quantitative estimate of drug-likeness (QED) is 0.679. The number of nitrogens with zero attached hydrogens (tertiary/aromatic N) is 5. The van der Waals surface area contributed by atoms with Crippen molar-refractivity contribution < 1.29 is 4.74 Å². The molecule has 2 aromatic heterocycles. The lowest BCUT2D eigenvalue weighted by atomic mass is 10.2. The molecule has 0 fully saturated rings. The van der Waals surface area contributed by atoms with Crippen LogP contribution in [-0.2, 0) is 0 Å². The van der Waals surface area contributed by atoms with Gasteiger partial charge in [0, 0.05) is 0 Å². The topological polar surface area (TPSA) is 91.2 Å². The van der Waals surface area contributed by atoms with E-state index in [0.717, 1.165) is 5.56 Å². The van der Waals surface area contributed by atoms with Gasteiger partial charge in [0.25, 0.3) is 0 Å². The van der Waals surface area contributed by atoms with Crippen molar-refractivity contribution in [2.45, 2.75) is 6.92 Å². The van der Waals surface area contributed by atoms with Gasteiger partial charge >= 0.3 is 0 Å². The third kappa shape index (κ3) is 1.61. The maximum atomic E-state index is 5.94. The zero-order valence-electron chi connectivity index (χ0n) is 9.61. The van der Waals surface area contributed by atoms with Crippen LogP contribution in [0.1, 0.15) is 5.56 Å². The summed E-state index contributed by atoms with van der Waals surface area (Å²) in [4.78, 5) is 4.00. The molecule has 0 radical (unpaired) electrons. The summed E-state index contributed by atoms with van der Waals surface area (Å²) < 4.78 is 7.15. The van der Waals surface area contributed by atoms with Gasteiger partial charge in [-0.3, -0.25) is 4.98 Å². The Kier molecular flexibility index (Phi) is 2.30. The van der Waals surface area contributed by atoms with Gasteiger partial charge in [-0.15, -0.1) is 5.10 Å². The summed E-state index contributed by atoms with van der Waals surface area (Å²) in [6.07, 6.45) is 3.08. The summed E-state index contributed by atoms with van der Waals surface area (Å²) in [5, 5.41) is 11.2. The number of para-hydroxylation sites is 1. The normalized spacial score (nSPS) is 10.7. The Morgan fingerprint density at radius 3 is 3.06 bits per heavy atom. The molecular formula is C11H10N6O. The largest absolute Gasteiger partial charge is 0.435 e. The zero-order chi connectivity index (χ0) is 12.5. The lowest BCUT2D eigenvalue weighted by Crippen LogP contribution is -2.00. The molecule has 0 amide bonds. The monoisotopic (exact) mass is 242 g/mol. The molecule has 18 heavy (non-hydrogen) atoms. The number of hydrogen-bond acceptors (Lipinski definition) is 6. The maximum absolute atomic E-state index is 5.94. The Balaban J connectivity index is 2.06. The molecular weight excluding hydrogens is 232 g/mol. The van der Waals surface area contributed by atoms with Gasteiger partial charge in [0.1, 0.15) is 0 Å². The molecule has 90 valence electrons. The number of nitrogens with two attached hydrogens (primary N) is 1. The smallest absolute Gasteiger partial charge is 0.242 e. The van der Waals surface area contributed by atoms with Crippen LogP contribution in [0.5, 0.6) is 11.6 Å². The zero-order valence-corrected chi connectivity index (χ0v) is 9.61. The highest BCUT2D eigenvalue weighted by molar-refractivity contribution is 5.58. The summed E-state index contributed by atoms with van der Waals surface area (Å²) in [7, 11) is 0. The van der Waals surface area contributed by atoms with E-state index < -0.39 is 0 Å². The molecule has 3 aromatic rings. The lowest BCUT2D eigenvalue weighted by molar-refractivity contribution is 0.444. The predicted molar refractivity (Wildman–Crippen MR) is 64.2 cm³/mol. The van der Waals surface area contributed by atoms with Crippen LogP contribution in [0.25, 0.3) is 5.65 Å². The van der Waals surface area contributed by atoms with Crippen LogP contribution < -0.4 is 10.5 Å². The Morgan fingerprint density at radius 2 is 2.17 bits per heavy atom. The first kappa shape index (κ1) is 10.5. The molecule has 0 aliphatic heterocycles. The van der Waals surface area contributed by atoms with Crippen LogP contribution in [0.15, 0.2) is 30.6 Å². The molecule has 0 atom stereocenters. The SMILES string of the molecule is Cc1cccc(Oc2cncc3nnnn23)c1N. The molecule has 0 bridgehead atoms. The van der Waals surface area contributed by atoms with Crippen LogP contribution in [0.2, 0.25) is 0 Å². The first-order valence-corrected chi connectivity index (χ1v) is 5.31. The Hall–Kier alpha value is -2.70. The minimum atomic E-state index is 0.412. The summed E-state index contributed by atoms with van der Waals surface area (Å²) in [6, 6.07) is 5.57. The molecule has 7 heteroatoms. The van der Waals surface area contributed by atoms with Gasteiger partial charge in [-0.25, -0.2) is 0 Å². The second-order valence-electron chi connectivity index (χ2n) is 3.78. The van der Waals surface area contributed by atoms with E-state index in [0.29, 0.717) is 23.0 Å². The number of ether oxygens (including phenoxy) is 1. The third-order valence-electron chi connectivity index (χ3n) is 2.58. The van der Waals surface area contributed by atoms with E-state index >= 15 is 0 Å². The van der Waals surface area contributed by atoms with Gasteiger partial charge in [0.05, 0.1) is 18.1 Å². The van der Waals surface area contributed by atoms with Crippen molar-refractivity contribution in [3.05, 3.63) is 36.2 Å². The summed E-state index contributed by atoms with van der Waals surface area (Å²) in [6.45, 7) is 1.91. The fourth-order valence-corrected chi connectivity index (χ4v) is 1.58. The van der Waals surface area contributed by atoms with Crippen molar-refractivity contribution in [2.75, 3.05) is 5.73 Å². The lowest BCUT2D eigenvalue weighted by Gasteiger charge is -2.09. The molecule has 0 saturated heterocycles. The summed E-state index contributed by atoms with van der Waals surface area (Å²) in [5.74, 6) is 0.967. The van der Waals surface area contributed by atoms with E-state index in [9.17, 15) is 0 Å². The van der Waals surface area contributed by atoms with E-state index in [4.69, 9.17) is 10.5 Å². The average Bonchev–Trinajstić information content (AvgIpc) is 2.84. The number of aryl methyl sites for hydroxylation is 1. The van der Waals surface area contributed by atoms with Crippen molar-refractivity contribution in [1.82, 2.24) is 25.0 Å². The standard InChI is InChI=1S/C11H10N6O/c1-7-3-2-4-8(11(7)12)18-10-6-13-5-9-14-15-16-17(9)10/h2-6H,12H2,1H3. The second kappa shape index (κ2) is 3.95.